The molecule has 39 nitrogen and oxygen atoms in total. The lowest BCUT2D eigenvalue weighted by atomic mass is 9.78. The number of carbonyl (C=O) groups excluding carboxylic acids is 7. The standard InChI is InChI=1S/C75H120N5O34P/c1-36(2)19-18-21-37(3)22-23-39(5)26-29-72(9,10)28-17-16-20-38(4)27-30-73(11,12)113-47(102-34-82)33-104-115(99,100)114-74(13,14)64-62(63(80-103-35-83)75(15,98)65(112-64)66(76)96)111-69-50(78-42(8)85)53(90)60(46(107-69)32-101-70-57(94)54(91)51(88)45(31-81)106-70)109-68-49(77-41(7)84)52(89)59(40(6)105-68)108-71-58(95)55(92)56(93)61(110-71)67(97)79-48-43(86)24-25-44(48)87/h17,19,22,27-28,34-35,40,45-47,49-65,68-71,80-81,86,88-95,98H,5,16,18,20-21,23-26,29-33H2,1-4,6-15H3,(H2,76,96)(H,77,84)(H,78,85)(H,79,97)(H,99,100)/b28-17+,37-22+,38-27-/t40?,45?,46?,47-,49?,50?,51?,52?,53?,54?,55?,56?,57?,58?,59?,60?,61?,62?,63?,64?,65?,68?,69?,70?,71?,75?/m1/s1. The molecule has 6 rings (SSSR count). The Morgan fingerprint density at radius 1 is 0.713 bits per heavy atom. The number of amides is 4. The molecule has 0 saturated carbocycles. The average molecular weight is 1670 g/mol. The van der Waals surface area contributed by atoms with E-state index in [1.165, 1.54) is 23.6 Å². The molecule has 26 unspecified atom stereocenters. The van der Waals surface area contributed by atoms with E-state index in [2.05, 4.69) is 86.9 Å². The minimum Gasteiger partial charge on any atom is -0.510 e. The summed E-state index contributed by atoms with van der Waals surface area (Å²) in [6.45, 7) is 23.5. The van der Waals surface area contributed by atoms with Gasteiger partial charge >= 0.3 is 14.3 Å². The number of hydrogen-bond donors (Lipinski definition) is 17. The molecule has 5 saturated heterocycles. The Balaban J connectivity index is 1.26. The number of carbonyl (C=O) groups is 7. The Labute approximate surface area is 667 Å². The van der Waals surface area contributed by atoms with Gasteiger partial charge in [-0.1, -0.05) is 73.1 Å². The molecule has 5 heterocycles. The highest BCUT2D eigenvalue weighted by Crippen LogP contribution is 2.51. The normalized spacial score (nSPS) is 34.7. The number of aliphatic hydroxyl groups is 11. The molecule has 0 bridgehead atoms. The molecular formula is C75H120N5O34P. The van der Waals surface area contributed by atoms with Crippen LogP contribution in [0.2, 0.25) is 0 Å². The van der Waals surface area contributed by atoms with E-state index in [1.54, 1.807) is 13.8 Å². The van der Waals surface area contributed by atoms with Crippen LogP contribution in [0.4, 0.5) is 0 Å². The number of phosphoric ester groups is 1. The quantitative estimate of drug-likeness (QED) is 0.0121. The van der Waals surface area contributed by atoms with Gasteiger partial charge in [0.05, 0.1) is 24.9 Å². The van der Waals surface area contributed by atoms with Crippen LogP contribution < -0.4 is 27.2 Å². The number of rotatable bonds is 42. The van der Waals surface area contributed by atoms with Gasteiger partial charge in [0.1, 0.15) is 133 Å². The van der Waals surface area contributed by atoms with Gasteiger partial charge < -0.3 is 140 Å². The van der Waals surface area contributed by atoms with E-state index in [0.29, 0.717) is 6.42 Å². The third kappa shape index (κ3) is 27.3. The molecule has 654 valence electrons. The maximum atomic E-state index is 14.4. The number of hydroxylamine groups is 1. The highest BCUT2D eigenvalue weighted by molar-refractivity contribution is 7.47. The molecular weight excluding hydrogens is 1550 g/mol. The summed E-state index contributed by atoms with van der Waals surface area (Å²) < 4.78 is 91.8. The second-order valence-corrected chi connectivity index (χ2v) is 33.4. The van der Waals surface area contributed by atoms with Gasteiger partial charge in [-0.05, 0) is 126 Å². The first kappa shape index (κ1) is 97.8. The van der Waals surface area contributed by atoms with Crippen molar-refractivity contribution in [3.05, 3.63) is 70.7 Å². The van der Waals surface area contributed by atoms with E-state index >= 15 is 0 Å². The first-order valence-electron chi connectivity index (χ1n) is 37.9. The Kier molecular flexibility index (Phi) is 36.4. The minimum atomic E-state index is -5.57. The van der Waals surface area contributed by atoms with Crippen LogP contribution in [0.5, 0.6) is 0 Å². The van der Waals surface area contributed by atoms with Gasteiger partial charge in [0, 0.05) is 26.7 Å². The van der Waals surface area contributed by atoms with E-state index in [4.69, 9.17) is 71.7 Å². The van der Waals surface area contributed by atoms with E-state index in [0.717, 1.165) is 78.7 Å². The smallest absolute Gasteiger partial charge is 0.473 e. The zero-order chi connectivity index (χ0) is 86.2. The Bertz CT molecular complexity index is 3510. The number of nitrogens with one attached hydrogen (secondary N) is 4. The molecule has 18 N–H and O–H groups in total. The summed E-state index contributed by atoms with van der Waals surface area (Å²) in [6.07, 6.45) is -27.7. The number of phosphoric acid groups is 1. The number of hydrogen-bond acceptors (Lipinski definition) is 34. The van der Waals surface area contributed by atoms with E-state index < -0.39 is 239 Å². The van der Waals surface area contributed by atoms with Gasteiger partial charge in [-0.2, -0.15) is 0 Å². The summed E-state index contributed by atoms with van der Waals surface area (Å²) in [6, 6.07) is -5.91. The van der Waals surface area contributed by atoms with Crippen molar-refractivity contribution in [2.75, 3.05) is 19.8 Å². The fraction of sp³-hybridized carbons (Fsp3) is 0.747. The molecule has 1 aliphatic carbocycles. The van der Waals surface area contributed by atoms with Crippen molar-refractivity contribution >= 4 is 50.2 Å². The molecule has 27 atom stereocenters. The van der Waals surface area contributed by atoms with Crippen molar-refractivity contribution in [3.63, 3.8) is 0 Å². The molecule has 40 heteroatoms. The van der Waals surface area contributed by atoms with Crippen LogP contribution in [0.15, 0.2) is 70.7 Å². The van der Waals surface area contributed by atoms with Crippen LogP contribution in [0, 0.1) is 5.41 Å². The van der Waals surface area contributed by atoms with Crippen molar-refractivity contribution in [3.8, 4) is 0 Å². The number of primary amides is 1. The first-order valence-corrected chi connectivity index (χ1v) is 39.4. The zero-order valence-electron chi connectivity index (χ0n) is 67.2. The summed E-state index contributed by atoms with van der Waals surface area (Å²) >= 11 is 0. The topological polar surface area (TPSA) is 583 Å². The van der Waals surface area contributed by atoms with Crippen LogP contribution in [-0.4, -0.2) is 293 Å². The van der Waals surface area contributed by atoms with Crippen LogP contribution in [0.25, 0.3) is 0 Å². The van der Waals surface area contributed by atoms with Gasteiger partial charge in [-0.25, -0.2) is 4.57 Å². The van der Waals surface area contributed by atoms with Crippen molar-refractivity contribution in [1.29, 1.82) is 0 Å². The van der Waals surface area contributed by atoms with Crippen molar-refractivity contribution in [2.45, 2.75) is 331 Å². The second kappa shape index (κ2) is 42.8. The second-order valence-electron chi connectivity index (χ2n) is 32.0. The summed E-state index contributed by atoms with van der Waals surface area (Å²) in [5.74, 6) is -5.69. The number of ketones is 1. The molecule has 6 aliphatic rings. The van der Waals surface area contributed by atoms with Gasteiger partial charge in [0.25, 0.3) is 12.4 Å². The van der Waals surface area contributed by atoms with E-state index in [9.17, 15) is 99.2 Å². The molecule has 5 aliphatic heterocycles. The summed E-state index contributed by atoms with van der Waals surface area (Å²) in [5, 5.41) is 130. The molecule has 115 heavy (non-hydrogen) atoms. The molecule has 5 fully saturated rings. The lowest BCUT2D eigenvalue weighted by Crippen LogP contribution is -2.76. The van der Waals surface area contributed by atoms with E-state index in [-0.39, 0.29) is 37.6 Å². The molecule has 0 radical (unpaired) electrons. The summed E-state index contributed by atoms with van der Waals surface area (Å²) in [5.41, 5.74) is 6.05. The number of Topliss-reactive ketones (excluding diaryl/α,β-unsaturated/α-hetero) is 1. The monoisotopic (exact) mass is 1670 g/mol. The van der Waals surface area contributed by atoms with Crippen LogP contribution in [0.1, 0.15) is 161 Å². The summed E-state index contributed by atoms with van der Waals surface area (Å²) in [7, 11) is -5.57. The molecule has 0 spiro atoms. The van der Waals surface area contributed by atoms with Crippen LogP contribution >= 0.6 is 7.82 Å². The van der Waals surface area contributed by atoms with Gasteiger partial charge in [-0.15, -0.1) is 5.48 Å². The van der Waals surface area contributed by atoms with Gasteiger partial charge in [0.15, 0.2) is 43.2 Å². The maximum absolute atomic E-state index is 14.4. The fourth-order valence-electron chi connectivity index (χ4n) is 13.9. The van der Waals surface area contributed by atoms with Crippen molar-refractivity contribution in [1.82, 2.24) is 21.4 Å². The SMILES string of the molecule is C=C(C/C=C(\C)CCC=C(C)C)CCC(C)(C)/C=C/CC/C(C)=C\CC(C)(C)O[C@H](COP(=O)(O)OC(C)(C)C1OC(C(N)=O)C(C)(O)C(NOC=O)C1OC1OC(COC2OC(CO)C(O)C(O)C2O)C(OC2OC(C)C(OC3OC(C(=O)NC4=C(O)CCC4=O)C(O)C(O)C3O)C(O)C2NC(C)=O)C(O)C1NC(C)=O)OC=O. The Hall–Kier alpha value is -6.00. The predicted molar refractivity (Wildman–Crippen MR) is 399 cm³/mol. The molecule has 0 aromatic heterocycles. The van der Waals surface area contributed by atoms with Crippen molar-refractivity contribution in [2.24, 2.45) is 11.1 Å². The molecule has 0 aromatic carbocycles. The lowest BCUT2D eigenvalue weighted by Gasteiger charge is -2.54. The highest BCUT2D eigenvalue weighted by atomic mass is 31.2. The highest BCUT2D eigenvalue weighted by Gasteiger charge is 2.63. The fourth-order valence-corrected chi connectivity index (χ4v) is 14.9. The largest absolute Gasteiger partial charge is 0.510 e. The predicted octanol–water partition coefficient (Wildman–Crippen LogP) is -0.410. The summed E-state index contributed by atoms with van der Waals surface area (Å²) in [4.78, 5) is 106. The minimum absolute atomic E-state index is 0.0132. The third-order valence-corrected chi connectivity index (χ3v) is 21.6. The van der Waals surface area contributed by atoms with Crippen LogP contribution in [-0.2, 0) is 104 Å². The van der Waals surface area contributed by atoms with Gasteiger partial charge in [0.2, 0.25) is 24.0 Å². The first-order chi connectivity index (χ1) is 53.6. The third-order valence-electron chi connectivity index (χ3n) is 20.4. The lowest BCUT2D eigenvalue weighted by molar-refractivity contribution is -0.368. The molecule has 0 aromatic rings. The average Bonchev–Trinajstić information content (AvgIpc) is 0.790. The number of ether oxygens (including phenoxy) is 11. The van der Waals surface area contributed by atoms with Gasteiger partial charge in [-0.3, -0.25) is 42.6 Å². The van der Waals surface area contributed by atoms with E-state index in [1.807, 2.05) is 13.0 Å². The number of allylic oxidation sites excluding steroid dienone is 10. The zero-order valence-corrected chi connectivity index (χ0v) is 68.1. The maximum Gasteiger partial charge on any atom is 0.473 e. The number of nitrogens with two attached hydrogens (primary N) is 1. The van der Waals surface area contributed by atoms with Crippen LogP contribution in [0.3, 0.4) is 0 Å². The molecule has 4 amide bonds. The van der Waals surface area contributed by atoms with Crippen molar-refractivity contribution < 1.29 is 165 Å². The Morgan fingerprint density at radius 2 is 1.30 bits per heavy atom. The number of aliphatic hydroxyl groups excluding tert-OH is 10. The Morgan fingerprint density at radius 3 is 1.89 bits per heavy atom.